The summed E-state index contributed by atoms with van der Waals surface area (Å²) in [6.45, 7) is 8.43. The van der Waals surface area contributed by atoms with Crippen LogP contribution in [0, 0.1) is 4.51 Å². The van der Waals surface area contributed by atoms with Crippen LogP contribution in [0.15, 0.2) is 10.9 Å². The molecular weight excluding hydrogens is 220 g/mol. The van der Waals surface area contributed by atoms with E-state index in [2.05, 4.69) is 24.1 Å². The summed E-state index contributed by atoms with van der Waals surface area (Å²) in [5.41, 5.74) is 0.672. The third-order valence-electron chi connectivity index (χ3n) is 2.57. The molecule has 1 N–H and O–H groups in total. The molecule has 0 saturated heterocycles. The van der Waals surface area contributed by atoms with Crippen molar-refractivity contribution in [2.75, 3.05) is 31.5 Å². The summed E-state index contributed by atoms with van der Waals surface area (Å²) in [5.74, 6) is 0. The van der Waals surface area contributed by atoms with Crippen LogP contribution in [0.4, 0.5) is 5.69 Å². The van der Waals surface area contributed by atoms with Gasteiger partial charge in [0.05, 0.1) is 10.2 Å². The van der Waals surface area contributed by atoms with E-state index < -0.39 is 0 Å². The first-order valence-electron chi connectivity index (χ1n) is 5.95. The van der Waals surface area contributed by atoms with Crippen LogP contribution in [0.5, 0.6) is 0 Å². The fraction of sp³-hybridized carbons (Fsp3) is 0.667. The number of nitrogens with zero attached hydrogens (tertiary/aromatic N) is 1. The molecule has 1 aromatic rings. The molecule has 1 aromatic carbocycles. The number of rotatable bonds is 8. The largest absolute Gasteiger partial charge is 0.381 e. The van der Waals surface area contributed by atoms with Gasteiger partial charge in [-0.15, -0.1) is 0 Å². The van der Waals surface area contributed by atoms with Crippen LogP contribution in [0.3, 0.4) is 0 Å². The average Bonchev–Trinajstić information content (AvgIpc) is 2.28. The standard InChI is InChI=1S/C12H20N2OS/c1-3-6-14(7-4-2)8-5-13-10-9-11(16)12(10)15/h9,13H,3-8H2,1-2H3. The van der Waals surface area contributed by atoms with Crippen molar-refractivity contribution in [1.29, 1.82) is 0 Å². The Kier molecular flexibility index (Phi) is 5.63. The first kappa shape index (κ1) is 13.3. The lowest BCUT2D eigenvalue weighted by atomic mass is 10.2. The van der Waals surface area contributed by atoms with Gasteiger partial charge in [0, 0.05) is 13.1 Å². The highest BCUT2D eigenvalue weighted by Gasteiger charge is 2.06. The van der Waals surface area contributed by atoms with E-state index in [1.807, 2.05) is 0 Å². The van der Waals surface area contributed by atoms with E-state index in [4.69, 9.17) is 12.2 Å². The highest BCUT2D eigenvalue weighted by atomic mass is 32.1. The Morgan fingerprint density at radius 2 is 1.88 bits per heavy atom. The van der Waals surface area contributed by atoms with E-state index in [-0.39, 0.29) is 5.43 Å². The average molecular weight is 240 g/mol. The minimum atomic E-state index is -0.00691. The highest BCUT2D eigenvalue weighted by Crippen LogP contribution is 2.03. The van der Waals surface area contributed by atoms with Gasteiger partial charge in [0.2, 0.25) is 5.43 Å². The molecule has 0 saturated carbocycles. The molecule has 0 spiro atoms. The fourth-order valence-electron chi connectivity index (χ4n) is 1.77. The van der Waals surface area contributed by atoms with Crippen molar-refractivity contribution in [3.63, 3.8) is 0 Å². The molecule has 0 aliphatic carbocycles. The monoisotopic (exact) mass is 240 g/mol. The number of nitrogens with one attached hydrogen (secondary N) is 1. The van der Waals surface area contributed by atoms with Crippen molar-refractivity contribution < 1.29 is 0 Å². The number of hydrogen-bond donors (Lipinski definition) is 1. The quantitative estimate of drug-likeness (QED) is 0.706. The van der Waals surface area contributed by atoms with Crippen LogP contribution < -0.4 is 10.7 Å². The lowest BCUT2D eigenvalue weighted by Gasteiger charge is -2.21. The highest BCUT2D eigenvalue weighted by molar-refractivity contribution is 7.71. The normalized spacial score (nSPS) is 11.2. The molecule has 90 valence electrons. The van der Waals surface area contributed by atoms with Crippen LogP contribution in [-0.4, -0.2) is 31.1 Å². The molecule has 4 heteroatoms. The summed E-state index contributed by atoms with van der Waals surface area (Å²) in [5, 5.41) is 3.13. The van der Waals surface area contributed by atoms with Gasteiger partial charge < -0.3 is 10.2 Å². The molecule has 1 rings (SSSR count). The topological polar surface area (TPSA) is 32.3 Å². The van der Waals surface area contributed by atoms with Crippen LogP contribution in [0.25, 0.3) is 0 Å². The van der Waals surface area contributed by atoms with Crippen LogP contribution in [0.1, 0.15) is 26.7 Å². The summed E-state index contributed by atoms with van der Waals surface area (Å²) in [4.78, 5) is 13.6. The second kappa shape index (κ2) is 6.76. The van der Waals surface area contributed by atoms with Crippen LogP contribution >= 0.6 is 12.2 Å². The van der Waals surface area contributed by atoms with E-state index in [1.165, 1.54) is 12.8 Å². The van der Waals surface area contributed by atoms with Gasteiger partial charge in [0.1, 0.15) is 0 Å². The molecular formula is C12H20N2OS. The lowest BCUT2D eigenvalue weighted by molar-refractivity contribution is 0.285. The predicted octanol–water partition coefficient (Wildman–Crippen LogP) is 2.19. The number of anilines is 1. The maximum Gasteiger partial charge on any atom is 0.219 e. The van der Waals surface area contributed by atoms with Crippen molar-refractivity contribution in [2.24, 2.45) is 0 Å². The van der Waals surface area contributed by atoms with Crippen molar-refractivity contribution in [2.45, 2.75) is 26.7 Å². The molecule has 0 radical (unpaired) electrons. The molecule has 0 aromatic heterocycles. The number of hydrogen-bond acceptors (Lipinski definition) is 4. The predicted molar refractivity (Wildman–Crippen MR) is 71.4 cm³/mol. The third kappa shape index (κ3) is 3.68. The van der Waals surface area contributed by atoms with Crippen LogP contribution in [0.2, 0.25) is 0 Å². The van der Waals surface area contributed by atoms with Gasteiger partial charge >= 0.3 is 0 Å². The Morgan fingerprint density at radius 1 is 1.25 bits per heavy atom. The molecule has 0 aliphatic rings. The first-order chi connectivity index (χ1) is 7.69. The maximum absolute atomic E-state index is 11.2. The Morgan fingerprint density at radius 3 is 2.31 bits per heavy atom. The van der Waals surface area contributed by atoms with Crippen LogP contribution in [-0.2, 0) is 0 Å². The molecule has 3 nitrogen and oxygen atoms in total. The van der Waals surface area contributed by atoms with E-state index in [0.717, 1.165) is 26.2 Å². The second-order valence-electron chi connectivity index (χ2n) is 4.02. The van der Waals surface area contributed by atoms with E-state index in [0.29, 0.717) is 10.2 Å². The summed E-state index contributed by atoms with van der Waals surface area (Å²) in [6, 6.07) is 1.74. The summed E-state index contributed by atoms with van der Waals surface area (Å²) in [7, 11) is 0. The van der Waals surface area contributed by atoms with Crippen molar-refractivity contribution in [1.82, 2.24) is 4.90 Å². The zero-order valence-corrected chi connectivity index (χ0v) is 10.9. The minimum absolute atomic E-state index is 0.00691. The van der Waals surface area contributed by atoms with E-state index in [9.17, 15) is 4.79 Å². The Bertz CT molecular complexity index is 376. The fourth-order valence-corrected chi connectivity index (χ4v) is 1.99. The van der Waals surface area contributed by atoms with Gasteiger partial charge in [0.15, 0.2) is 0 Å². The van der Waals surface area contributed by atoms with E-state index in [1.54, 1.807) is 6.07 Å². The molecule has 0 amide bonds. The van der Waals surface area contributed by atoms with Crippen molar-refractivity contribution in [3.8, 4) is 0 Å². The maximum atomic E-state index is 11.2. The molecule has 0 heterocycles. The SMILES string of the molecule is CCCN(CCC)CCNc1cc(=S)c1=O. The molecule has 0 unspecified atom stereocenters. The summed E-state index contributed by atoms with van der Waals surface area (Å²) >= 11 is 4.79. The lowest BCUT2D eigenvalue weighted by Crippen LogP contribution is -2.31. The molecule has 16 heavy (non-hydrogen) atoms. The van der Waals surface area contributed by atoms with Gasteiger partial charge in [-0.1, -0.05) is 26.1 Å². The molecule has 0 atom stereocenters. The van der Waals surface area contributed by atoms with Crippen molar-refractivity contribution in [3.05, 3.63) is 20.8 Å². The van der Waals surface area contributed by atoms with Gasteiger partial charge in [-0.2, -0.15) is 0 Å². The molecule has 0 aliphatic heterocycles. The summed E-state index contributed by atoms with van der Waals surface area (Å²) in [6.07, 6.45) is 2.34. The Hall–Kier alpha value is -0.740. The molecule has 0 fully saturated rings. The van der Waals surface area contributed by atoms with Gasteiger partial charge in [-0.05, 0) is 32.0 Å². The van der Waals surface area contributed by atoms with Gasteiger partial charge in [-0.3, -0.25) is 4.79 Å². The molecule has 0 bridgehead atoms. The zero-order chi connectivity index (χ0) is 12.0. The smallest absolute Gasteiger partial charge is 0.219 e. The first-order valence-corrected chi connectivity index (χ1v) is 6.36. The third-order valence-corrected chi connectivity index (χ3v) is 2.87. The summed E-state index contributed by atoms with van der Waals surface area (Å²) < 4.78 is 0.446. The Labute approximate surface area is 102 Å². The van der Waals surface area contributed by atoms with E-state index >= 15 is 0 Å². The van der Waals surface area contributed by atoms with Crippen molar-refractivity contribution >= 4 is 17.9 Å². The minimum Gasteiger partial charge on any atom is -0.381 e. The van der Waals surface area contributed by atoms with Gasteiger partial charge in [0.25, 0.3) is 0 Å². The van der Waals surface area contributed by atoms with Gasteiger partial charge in [-0.25, -0.2) is 0 Å². The zero-order valence-electron chi connectivity index (χ0n) is 10.1. The Balaban J connectivity index is 2.26. The second-order valence-corrected chi connectivity index (χ2v) is 4.46.